The molecule has 1 unspecified atom stereocenters. The molecular weight excluding hydrogens is 358 g/mol. The molecule has 4 rings (SSSR count). The molecule has 0 spiro atoms. The van der Waals surface area contributed by atoms with Gasteiger partial charge in [-0.2, -0.15) is 5.10 Å². The lowest BCUT2D eigenvalue weighted by atomic mass is 9.94. The monoisotopic (exact) mass is 379 g/mol. The fraction of sp³-hybridized carbons (Fsp3) is 0.300. The van der Waals surface area contributed by atoms with E-state index in [9.17, 15) is 9.59 Å². The summed E-state index contributed by atoms with van der Waals surface area (Å²) in [7, 11) is 0. The van der Waals surface area contributed by atoms with E-state index >= 15 is 0 Å². The van der Waals surface area contributed by atoms with Gasteiger partial charge in [-0.3, -0.25) is 14.3 Å². The van der Waals surface area contributed by atoms with E-state index < -0.39 is 5.97 Å². The number of H-pyrrole nitrogens is 1. The van der Waals surface area contributed by atoms with Crippen LogP contribution in [0.3, 0.4) is 0 Å². The summed E-state index contributed by atoms with van der Waals surface area (Å²) < 4.78 is 1.51. The van der Waals surface area contributed by atoms with Crippen molar-refractivity contribution in [2.45, 2.75) is 25.3 Å². The molecule has 2 aromatic heterocycles. The summed E-state index contributed by atoms with van der Waals surface area (Å²) in [6, 6.07) is 9.28. The van der Waals surface area contributed by atoms with Gasteiger partial charge >= 0.3 is 5.97 Å². The summed E-state index contributed by atoms with van der Waals surface area (Å²) in [5.41, 5.74) is 2.35. The van der Waals surface area contributed by atoms with Gasteiger partial charge in [0.25, 0.3) is 5.91 Å². The van der Waals surface area contributed by atoms with Crippen LogP contribution in [0.4, 0.5) is 0 Å². The summed E-state index contributed by atoms with van der Waals surface area (Å²) in [5.74, 6) is -0.151. The zero-order valence-corrected chi connectivity index (χ0v) is 15.3. The maximum atomic E-state index is 13.1. The number of nitrogens with zero attached hydrogens (tertiary/aromatic N) is 4. The average molecular weight is 379 g/mol. The molecule has 1 atom stereocenters. The van der Waals surface area contributed by atoms with Gasteiger partial charge in [-0.1, -0.05) is 12.1 Å². The summed E-state index contributed by atoms with van der Waals surface area (Å²) in [5, 5.41) is 13.2. The summed E-state index contributed by atoms with van der Waals surface area (Å²) in [6.45, 7) is 1.07. The Labute approximate surface area is 161 Å². The molecule has 28 heavy (non-hydrogen) atoms. The highest BCUT2D eigenvalue weighted by molar-refractivity contribution is 5.95. The number of aromatic nitrogens is 4. The molecule has 0 aliphatic carbocycles. The molecule has 8 heteroatoms. The lowest BCUT2D eigenvalue weighted by Gasteiger charge is -2.33. The van der Waals surface area contributed by atoms with Crippen molar-refractivity contribution in [3.05, 3.63) is 60.2 Å². The van der Waals surface area contributed by atoms with Crippen LogP contribution >= 0.6 is 0 Å². The van der Waals surface area contributed by atoms with E-state index in [-0.39, 0.29) is 18.4 Å². The zero-order chi connectivity index (χ0) is 19.5. The van der Waals surface area contributed by atoms with Gasteiger partial charge in [0.15, 0.2) is 0 Å². The Morgan fingerprint density at radius 3 is 2.93 bits per heavy atom. The second kappa shape index (κ2) is 7.67. The van der Waals surface area contributed by atoms with Crippen molar-refractivity contribution in [3.63, 3.8) is 0 Å². The topological polar surface area (TPSA) is 104 Å². The second-order valence-electron chi connectivity index (χ2n) is 6.92. The number of benzene rings is 1. The van der Waals surface area contributed by atoms with Crippen LogP contribution in [-0.4, -0.2) is 54.7 Å². The molecule has 2 N–H and O–H groups in total. The first kappa shape index (κ1) is 18.0. The number of hydrogen-bond donors (Lipinski definition) is 2. The number of nitrogens with one attached hydrogen (secondary N) is 1. The Morgan fingerprint density at radius 2 is 2.14 bits per heavy atom. The van der Waals surface area contributed by atoms with E-state index in [2.05, 4.69) is 15.1 Å². The molecule has 144 valence electrons. The van der Waals surface area contributed by atoms with E-state index in [1.807, 2.05) is 35.2 Å². The highest BCUT2D eigenvalue weighted by atomic mass is 16.4. The maximum Gasteiger partial charge on any atom is 0.325 e. The van der Waals surface area contributed by atoms with Crippen LogP contribution in [0, 0.1) is 0 Å². The second-order valence-corrected chi connectivity index (χ2v) is 6.92. The number of rotatable bonds is 5. The van der Waals surface area contributed by atoms with Crippen molar-refractivity contribution < 1.29 is 14.7 Å². The SMILES string of the molecule is O=C(O)Cn1nccc1C1CCCN(C(=O)c2cccc(-c3ncc[nH]3)c2)C1. The van der Waals surface area contributed by atoms with E-state index in [0.29, 0.717) is 18.7 Å². The third kappa shape index (κ3) is 3.66. The number of hydrogen-bond acceptors (Lipinski definition) is 4. The lowest BCUT2D eigenvalue weighted by Crippen LogP contribution is -2.39. The van der Waals surface area contributed by atoms with Crippen LogP contribution in [0.1, 0.15) is 34.8 Å². The van der Waals surface area contributed by atoms with Gasteiger partial charge in [0.1, 0.15) is 12.4 Å². The van der Waals surface area contributed by atoms with Crippen molar-refractivity contribution in [3.8, 4) is 11.4 Å². The van der Waals surface area contributed by atoms with Gasteiger partial charge < -0.3 is 15.0 Å². The largest absolute Gasteiger partial charge is 0.480 e. The Bertz CT molecular complexity index is 979. The lowest BCUT2D eigenvalue weighted by molar-refractivity contribution is -0.137. The summed E-state index contributed by atoms with van der Waals surface area (Å²) in [6.07, 6.45) is 6.82. The number of aliphatic carboxylic acids is 1. The summed E-state index contributed by atoms with van der Waals surface area (Å²) >= 11 is 0. The van der Waals surface area contributed by atoms with E-state index in [1.165, 1.54) is 4.68 Å². The van der Waals surface area contributed by atoms with Crippen molar-refractivity contribution in [1.82, 2.24) is 24.6 Å². The standard InChI is InChI=1S/C20H21N5O3/c26-18(27)13-25-17(6-7-23-25)16-5-2-10-24(12-16)20(28)15-4-1-3-14(11-15)19-21-8-9-22-19/h1,3-4,6-9,11,16H,2,5,10,12-13H2,(H,21,22)(H,26,27). The molecule has 3 aromatic rings. The zero-order valence-electron chi connectivity index (χ0n) is 15.3. The number of carbonyl (C=O) groups excluding carboxylic acids is 1. The van der Waals surface area contributed by atoms with Crippen LogP contribution in [0.5, 0.6) is 0 Å². The van der Waals surface area contributed by atoms with Gasteiger partial charge in [-0.25, -0.2) is 4.98 Å². The molecule has 1 amide bonds. The van der Waals surface area contributed by atoms with Crippen LogP contribution < -0.4 is 0 Å². The fourth-order valence-corrected chi connectivity index (χ4v) is 3.76. The van der Waals surface area contributed by atoms with Crippen LogP contribution in [0.25, 0.3) is 11.4 Å². The molecule has 8 nitrogen and oxygen atoms in total. The Kier molecular flexibility index (Phi) is 4.92. The van der Waals surface area contributed by atoms with Gasteiger partial charge in [0.2, 0.25) is 0 Å². The van der Waals surface area contributed by atoms with Crippen LogP contribution in [-0.2, 0) is 11.3 Å². The van der Waals surface area contributed by atoms with Gasteiger partial charge in [-0.05, 0) is 31.0 Å². The van der Waals surface area contributed by atoms with Crippen molar-refractivity contribution in [1.29, 1.82) is 0 Å². The van der Waals surface area contributed by atoms with Crippen molar-refractivity contribution >= 4 is 11.9 Å². The van der Waals surface area contributed by atoms with E-state index in [4.69, 9.17) is 5.11 Å². The third-order valence-corrected chi connectivity index (χ3v) is 5.04. The van der Waals surface area contributed by atoms with Crippen molar-refractivity contribution in [2.75, 3.05) is 13.1 Å². The van der Waals surface area contributed by atoms with Crippen molar-refractivity contribution in [2.24, 2.45) is 0 Å². The number of carbonyl (C=O) groups is 2. The number of carboxylic acids is 1. The normalized spacial score (nSPS) is 16.9. The van der Waals surface area contributed by atoms with Crippen LogP contribution in [0.15, 0.2) is 48.9 Å². The smallest absolute Gasteiger partial charge is 0.325 e. The molecule has 0 bridgehead atoms. The minimum atomic E-state index is -0.927. The number of likely N-dealkylation sites (tertiary alicyclic amines) is 1. The van der Waals surface area contributed by atoms with Gasteiger partial charge in [0, 0.05) is 54.4 Å². The Balaban J connectivity index is 1.52. The molecule has 1 saturated heterocycles. The number of amides is 1. The van der Waals surface area contributed by atoms with Gasteiger partial charge in [0.05, 0.1) is 0 Å². The minimum Gasteiger partial charge on any atom is -0.480 e. The predicted octanol–water partition coefficient (Wildman–Crippen LogP) is 2.38. The number of aromatic amines is 1. The Hall–Kier alpha value is -3.42. The first-order valence-corrected chi connectivity index (χ1v) is 9.24. The Morgan fingerprint density at radius 1 is 1.25 bits per heavy atom. The highest BCUT2D eigenvalue weighted by Crippen LogP contribution is 2.28. The van der Waals surface area contributed by atoms with Crippen LogP contribution in [0.2, 0.25) is 0 Å². The number of imidazole rings is 1. The predicted molar refractivity (Wildman–Crippen MR) is 102 cm³/mol. The number of carboxylic acid groups (broad SMARTS) is 1. The quantitative estimate of drug-likeness (QED) is 0.708. The maximum absolute atomic E-state index is 13.1. The third-order valence-electron chi connectivity index (χ3n) is 5.04. The van der Waals surface area contributed by atoms with Gasteiger partial charge in [-0.15, -0.1) is 0 Å². The molecule has 3 heterocycles. The molecule has 1 fully saturated rings. The molecule has 0 radical (unpaired) electrons. The average Bonchev–Trinajstić information content (AvgIpc) is 3.39. The molecule has 1 aromatic carbocycles. The molecule has 0 saturated carbocycles. The fourth-order valence-electron chi connectivity index (χ4n) is 3.76. The first-order valence-electron chi connectivity index (χ1n) is 9.24. The number of piperidine rings is 1. The molecular formula is C20H21N5O3. The molecule has 1 aliphatic heterocycles. The van der Waals surface area contributed by atoms with E-state index in [1.54, 1.807) is 18.6 Å². The highest BCUT2D eigenvalue weighted by Gasteiger charge is 2.28. The van der Waals surface area contributed by atoms with E-state index in [0.717, 1.165) is 29.9 Å². The molecule has 1 aliphatic rings. The summed E-state index contributed by atoms with van der Waals surface area (Å²) in [4.78, 5) is 33.3. The minimum absolute atomic E-state index is 0.0255. The first-order chi connectivity index (χ1) is 13.6.